The molecule has 0 fully saturated rings. The minimum absolute atomic E-state index is 0.230. The topological polar surface area (TPSA) is 46.2 Å². The monoisotopic (exact) mass is 197 g/mol. The lowest BCUT2D eigenvalue weighted by molar-refractivity contribution is 0.169. The standard InChI is InChI=1S/C11H16FNO/c1-7-6-10(12)8(2)5-9(7)11(14)3-4-13/h5-6,11,14H,3-4,13H2,1-2H3. The fraction of sp³-hybridized carbons (Fsp3) is 0.455. The molecule has 0 spiro atoms. The molecule has 0 aromatic heterocycles. The van der Waals surface area contributed by atoms with Gasteiger partial charge >= 0.3 is 0 Å². The highest BCUT2D eigenvalue weighted by molar-refractivity contribution is 5.33. The zero-order chi connectivity index (χ0) is 10.7. The van der Waals surface area contributed by atoms with Crippen LogP contribution in [0.15, 0.2) is 12.1 Å². The molecule has 3 N–H and O–H groups in total. The number of benzene rings is 1. The Labute approximate surface area is 83.6 Å². The lowest BCUT2D eigenvalue weighted by atomic mass is 9.98. The molecule has 14 heavy (non-hydrogen) atoms. The summed E-state index contributed by atoms with van der Waals surface area (Å²) in [5.74, 6) is -0.230. The van der Waals surface area contributed by atoms with Crippen molar-refractivity contribution in [3.63, 3.8) is 0 Å². The quantitative estimate of drug-likeness (QED) is 0.776. The van der Waals surface area contributed by atoms with Gasteiger partial charge in [-0.1, -0.05) is 6.07 Å². The van der Waals surface area contributed by atoms with Crippen LogP contribution in [0.4, 0.5) is 4.39 Å². The largest absolute Gasteiger partial charge is 0.388 e. The second-order valence-corrected chi connectivity index (χ2v) is 3.55. The van der Waals surface area contributed by atoms with E-state index in [-0.39, 0.29) is 5.82 Å². The van der Waals surface area contributed by atoms with Gasteiger partial charge in [0.2, 0.25) is 0 Å². The molecule has 1 aromatic rings. The number of aliphatic hydroxyl groups excluding tert-OH is 1. The third kappa shape index (κ3) is 2.30. The van der Waals surface area contributed by atoms with Crippen LogP contribution in [0.5, 0.6) is 0 Å². The molecule has 0 aliphatic rings. The van der Waals surface area contributed by atoms with Crippen LogP contribution in [0.3, 0.4) is 0 Å². The Hall–Kier alpha value is -0.930. The third-order valence-electron chi connectivity index (χ3n) is 2.35. The maximum absolute atomic E-state index is 13.1. The van der Waals surface area contributed by atoms with Crippen LogP contribution in [-0.2, 0) is 0 Å². The minimum Gasteiger partial charge on any atom is -0.388 e. The van der Waals surface area contributed by atoms with E-state index in [9.17, 15) is 9.50 Å². The molecule has 0 saturated heterocycles. The van der Waals surface area contributed by atoms with Gasteiger partial charge in [-0.25, -0.2) is 4.39 Å². The molecule has 2 nitrogen and oxygen atoms in total. The first kappa shape index (κ1) is 11.1. The summed E-state index contributed by atoms with van der Waals surface area (Å²) in [6.07, 6.45) is -0.0781. The van der Waals surface area contributed by atoms with Gasteiger partial charge in [0.25, 0.3) is 0 Å². The van der Waals surface area contributed by atoms with E-state index >= 15 is 0 Å². The SMILES string of the molecule is Cc1cc(C(O)CCN)c(C)cc1F. The van der Waals surface area contributed by atoms with E-state index < -0.39 is 6.10 Å². The van der Waals surface area contributed by atoms with Crippen LogP contribution >= 0.6 is 0 Å². The number of hydrogen-bond donors (Lipinski definition) is 2. The summed E-state index contributed by atoms with van der Waals surface area (Å²) in [6.45, 7) is 3.90. The highest BCUT2D eigenvalue weighted by Gasteiger charge is 2.11. The summed E-state index contributed by atoms with van der Waals surface area (Å²) in [7, 11) is 0. The van der Waals surface area contributed by atoms with Gasteiger partial charge in [0.05, 0.1) is 6.10 Å². The van der Waals surface area contributed by atoms with Crippen molar-refractivity contribution in [1.82, 2.24) is 0 Å². The molecule has 0 amide bonds. The van der Waals surface area contributed by atoms with Crippen LogP contribution in [-0.4, -0.2) is 11.7 Å². The molecular weight excluding hydrogens is 181 g/mol. The summed E-state index contributed by atoms with van der Waals surface area (Å²) < 4.78 is 13.1. The van der Waals surface area contributed by atoms with E-state index in [4.69, 9.17) is 5.73 Å². The zero-order valence-corrected chi connectivity index (χ0v) is 8.55. The molecule has 0 radical (unpaired) electrons. The van der Waals surface area contributed by atoms with Crippen LogP contribution in [0.2, 0.25) is 0 Å². The first-order valence-corrected chi connectivity index (χ1v) is 4.71. The molecular formula is C11H16FNO. The van der Waals surface area contributed by atoms with Crippen LogP contribution in [0, 0.1) is 19.7 Å². The number of halogens is 1. The van der Waals surface area contributed by atoms with Crippen molar-refractivity contribution in [3.05, 3.63) is 34.6 Å². The predicted octanol–water partition coefficient (Wildman–Crippen LogP) is 1.82. The summed E-state index contributed by atoms with van der Waals surface area (Å²) >= 11 is 0. The Balaban J connectivity index is 3.02. The average molecular weight is 197 g/mol. The van der Waals surface area contributed by atoms with Gasteiger partial charge in [0, 0.05) is 0 Å². The Kier molecular flexibility index (Phi) is 3.61. The highest BCUT2D eigenvalue weighted by atomic mass is 19.1. The van der Waals surface area contributed by atoms with Crippen molar-refractivity contribution in [1.29, 1.82) is 0 Å². The number of aryl methyl sites for hydroxylation is 2. The lowest BCUT2D eigenvalue weighted by Crippen LogP contribution is -2.08. The van der Waals surface area contributed by atoms with Crippen LogP contribution < -0.4 is 5.73 Å². The minimum atomic E-state index is -0.584. The molecule has 0 heterocycles. The summed E-state index contributed by atoms with van der Waals surface area (Å²) in [5.41, 5.74) is 7.45. The number of nitrogens with two attached hydrogens (primary N) is 1. The number of hydrogen-bond acceptors (Lipinski definition) is 2. The number of rotatable bonds is 3. The normalized spacial score (nSPS) is 12.9. The summed E-state index contributed by atoms with van der Waals surface area (Å²) in [5, 5.41) is 9.71. The second kappa shape index (κ2) is 4.53. The zero-order valence-electron chi connectivity index (χ0n) is 8.55. The molecule has 1 aromatic carbocycles. The molecule has 0 bridgehead atoms. The maximum Gasteiger partial charge on any atom is 0.126 e. The van der Waals surface area contributed by atoms with Crippen LogP contribution in [0.25, 0.3) is 0 Å². The molecule has 1 unspecified atom stereocenters. The Bertz CT molecular complexity index is 325. The first-order chi connectivity index (χ1) is 6.56. The second-order valence-electron chi connectivity index (χ2n) is 3.55. The van der Waals surface area contributed by atoms with Gasteiger partial charge in [-0.3, -0.25) is 0 Å². The first-order valence-electron chi connectivity index (χ1n) is 4.71. The van der Waals surface area contributed by atoms with Crippen molar-refractivity contribution in [2.45, 2.75) is 26.4 Å². The van der Waals surface area contributed by atoms with E-state index in [0.29, 0.717) is 18.5 Å². The van der Waals surface area contributed by atoms with E-state index in [0.717, 1.165) is 11.1 Å². The van der Waals surface area contributed by atoms with Crippen molar-refractivity contribution in [2.24, 2.45) is 5.73 Å². The summed E-state index contributed by atoms with van der Waals surface area (Å²) in [6, 6.07) is 3.13. The molecule has 3 heteroatoms. The molecule has 78 valence electrons. The van der Waals surface area contributed by atoms with Gasteiger partial charge in [-0.15, -0.1) is 0 Å². The fourth-order valence-electron chi connectivity index (χ4n) is 1.48. The fourth-order valence-corrected chi connectivity index (χ4v) is 1.48. The Morgan fingerprint density at radius 3 is 2.57 bits per heavy atom. The van der Waals surface area contributed by atoms with Gasteiger partial charge in [-0.2, -0.15) is 0 Å². The van der Waals surface area contributed by atoms with E-state index in [2.05, 4.69) is 0 Å². The van der Waals surface area contributed by atoms with Gasteiger partial charge in [0.15, 0.2) is 0 Å². The lowest BCUT2D eigenvalue weighted by Gasteiger charge is -2.13. The average Bonchev–Trinajstić information content (AvgIpc) is 2.11. The molecule has 0 aliphatic heterocycles. The van der Waals surface area contributed by atoms with E-state index in [1.54, 1.807) is 19.9 Å². The van der Waals surface area contributed by atoms with Crippen molar-refractivity contribution in [3.8, 4) is 0 Å². The van der Waals surface area contributed by atoms with Crippen molar-refractivity contribution < 1.29 is 9.50 Å². The maximum atomic E-state index is 13.1. The smallest absolute Gasteiger partial charge is 0.126 e. The Morgan fingerprint density at radius 1 is 1.36 bits per heavy atom. The van der Waals surface area contributed by atoms with Gasteiger partial charge in [0.1, 0.15) is 5.82 Å². The molecule has 0 aliphatic carbocycles. The van der Waals surface area contributed by atoms with Gasteiger partial charge < -0.3 is 10.8 Å². The van der Waals surface area contributed by atoms with Crippen LogP contribution in [0.1, 0.15) is 29.2 Å². The Morgan fingerprint density at radius 2 is 2.00 bits per heavy atom. The van der Waals surface area contributed by atoms with Crippen molar-refractivity contribution in [2.75, 3.05) is 6.54 Å². The molecule has 1 atom stereocenters. The van der Waals surface area contributed by atoms with Crippen molar-refractivity contribution >= 4 is 0 Å². The summed E-state index contributed by atoms with van der Waals surface area (Å²) in [4.78, 5) is 0. The third-order valence-corrected chi connectivity index (χ3v) is 2.35. The predicted molar refractivity (Wildman–Crippen MR) is 54.5 cm³/mol. The molecule has 0 saturated carbocycles. The highest BCUT2D eigenvalue weighted by Crippen LogP contribution is 2.23. The van der Waals surface area contributed by atoms with E-state index in [1.807, 2.05) is 0 Å². The number of aliphatic hydroxyl groups is 1. The van der Waals surface area contributed by atoms with E-state index in [1.165, 1.54) is 6.07 Å². The van der Waals surface area contributed by atoms with Gasteiger partial charge in [-0.05, 0) is 49.6 Å². The molecule has 1 rings (SSSR count).